The van der Waals surface area contributed by atoms with Crippen LogP contribution in [0, 0.1) is 0 Å². The minimum absolute atomic E-state index is 0.250. The zero-order valence-corrected chi connectivity index (χ0v) is 13.2. The number of hydrogen-bond donors (Lipinski definition) is 1. The molecular formula is C16H23N5O. The van der Waals surface area contributed by atoms with E-state index in [1.165, 1.54) is 0 Å². The fourth-order valence-electron chi connectivity index (χ4n) is 2.96. The maximum Gasteiger partial charge on any atom is 0.123 e. The molecule has 3 heterocycles. The fourth-order valence-corrected chi connectivity index (χ4v) is 2.96. The van der Waals surface area contributed by atoms with Crippen molar-refractivity contribution in [2.45, 2.75) is 44.9 Å². The van der Waals surface area contributed by atoms with Crippen LogP contribution in [-0.4, -0.2) is 43.1 Å². The molecule has 0 aliphatic carbocycles. The van der Waals surface area contributed by atoms with E-state index in [2.05, 4.69) is 40.1 Å². The van der Waals surface area contributed by atoms with Crippen LogP contribution >= 0.6 is 0 Å². The third-order valence-corrected chi connectivity index (χ3v) is 4.20. The first-order valence-electron chi connectivity index (χ1n) is 7.83. The fraction of sp³-hybridized carbons (Fsp3) is 0.562. The molecule has 0 amide bonds. The molecule has 1 atom stereocenters. The molecule has 0 unspecified atom stereocenters. The Morgan fingerprint density at radius 2 is 2.27 bits per heavy atom. The molecule has 1 aliphatic rings. The molecular weight excluding hydrogens is 278 g/mol. The number of piperidine rings is 1. The van der Waals surface area contributed by atoms with E-state index in [1.54, 1.807) is 10.9 Å². The van der Waals surface area contributed by atoms with Crippen molar-refractivity contribution >= 4 is 0 Å². The van der Waals surface area contributed by atoms with Crippen LogP contribution in [0.25, 0.3) is 0 Å². The van der Waals surface area contributed by atoms with Crippen LogP contribution in [-0.2, 0) is 12.1 Å². The molecule has 6 heteroatoms. The number of hydrogen-bond acceptors (Lipinski definition) is 5. The minimum atomic E-state index is -0.909. The average Bonchev–Trinajstić information content (AvgIpc) is 2.99. The number of likely N-dealkylation sites (tertiary alicyclic amines) is 1. The van der Waals surface area contributed by atoms with E-state index in [4.69, 9.17) is 0 Å². The number of β-amino-alcohol motifs (C(OH)–C–C–N with tert-alkyl or cyclic N) is 1. The smallest absolute Gasteiger partial charge is 0.123 e. The largest absolute Gasteiger partial charge is 0.382 e. The van der Waals surface area contributed by atoms with Gasteiger partial charge in [0.2, 0.25) is 0 Å². The van der Waals surface area contributed by atoms with Crippen molar-refractivity contribution in [2.75, 3.05) is 13.1 Å². The van der Waals surface area contributed by atoms with Gasteiger partial charge in [-0.15, -0.1) is 5.10 Å². The standard InChI is InChI=1S/C16H23N5O/c1-13(2)21-11-15(18-19-21)16(22)6-4-8-20(12-16)10-14-5-3-7-17-9-14/h3,5,7,9,11,13,22H,4,6,8,10,12H2,1-2H3/t16-/m1/s1. The van der Waals surface area contributed by atoms with Gasteiger partial charge in [-0.3, -0.25) is 9.88 Å². The van der Waals surface area contributed by atoms with Crippen LogP contribution in [0.1, 0.15) is 44.0 Å². The SMILES string of the molecule is CC(C)n1cc([C@@]2(O)CCCN(Cc3cccnc3)C2)nn1. The molecule has 1 saturated heterocycles. The normalized spacial score (nSPS) is 23.1. The molecule has 0 aromatic carbocycles. The molecule has 0 saturated carbocycles. The zero-order chi connectivity index (χ0) is 15.6. The van der Waals surface area contributed by atoms with Gasteiger partial charge in [0.1, 0.15) is 11.3 Å². The Bertz CT molecular complexity index is 612. The zero-order valence-electron chi connectivity index (χ0n) is 13.2. The molecule has 3 rings (SSSR count). The molecule has 0 radical (unpaired) electrons. The Morgan fingerprint density at radius 3 is 2.95 bits per heavy atom. The minimum Gasteiger partial charge on any atom is -0.382 e. The van der Waals surface area contributed by atoms with Crippen molar-refractivity contribution < 1.29 is 5.11 Å². The Hall–Kier alpha value is -1.79. The molecule has 1 aliphatic heterocycles. The summed E-state index contributed by atoms with van der Waals surface area (Å²) < 4.78 is 1.80. The van der Waals surface area contributed by atoms with Crippen molar-refractivity contribution in [2.24, 2.45) is 0 Å². The lowest BCUT2D eigenvalue weighted by Gasteiger charge is -2.38. The lowest BCUT2D eigenvalue weighted by atomic mass is 9.90. The Kier molecular flexibility index (Phi) is 4.22. The van der Waals surface area contributed by atoms with E-state index < -0.39 is 5.60 Å². The molecule has 2 aromatic rings. The van der Waals surface area contributed by atoms with E-state index in [0.29, 0.717) is 12.2 Å². The number of aliphatic hydroxyl groups is 1. The first kappa shape index (κ1) is 15.1. The van der Waals surface area contributed by atoms with Crippen molar-refractivity contribution in [3.63, 3.8) is 0 Å². The second kappa shape index (κ2) is 6.14. The molecule has 6 nitrogen and oxygen atoms in total. The highest BCUT2D eigenvalue weighted by molar-refractivity contribution is 5.12. The van der Waals surface area contributed by atoms with E-state index in [-0.39, 0.29) is 6.04 Å². The summed E-state index contributed by atoms with van der Waals surface area (Å²) in [5, 5.41) is 19.3. The highest BCUT2D eigenvalue weighted by Crippen LogP contribution is 2.31. The Labute approximate surface area is 130 Å². The maximum atomic E-state index is 11.0. The van der Waals surface area contributed by atoms with Crippen LogP contribution < -0.4 is 0 Å². The van der Waals surface area contributed by atoms with Gasteiger partial charge in [0.25, 0.3) is 0 Å². The monoisotopic (exact) mass is 301 g/mol. The number of pyridine rings is 1. The summed E-state index contributed by atoms with van der Waals surface area (Å²) in [6, 6.07) is 4.26. The summed E-state index contributed by atoms with van der Waals surface area (Å²) in [5.41, 5.74) is 0.933. The van der Waals surface area contributed by atoms with Gasteiger partial charge in [0.15, 0.2) is 0 Å². The summed E-state index contributed by atoms with van der Waals surface area (Å²) in [6.45, 7) is 6.47. The molecule has 0 spiro atoms. The highest BCUT2D eigenvalue weighted by Gasteiger charge is 2.37. The molecule has 2 aromatic heterocycles. The Balaban J connectivity index is 1.73. The van der Waals surface area contributed by atoms with Crippen LogP contribution in [0.4, 0.5) is 0 Å². The van der Waals surface area contributed by atoms with Crippen LogP contribution in [0.3, 0.4) is 0 Å². The van der Waals surface area contributed by atoms with Gasteiger partial charge >= 0.3 is 0 Å². The third kappa shape index (κ3) is 3.18. The Morgan fingerprint density at radius 1 is 1.41 bits per heavy atom. The van der Waals surface area contributed by atoms with Crippen LogP contribution in [0.2, 0.25) is 0 Å². The van der Waals surface area contributed by atoms with Gasteiger partial charge < -0.3 is 5.11 Å². The predicted octanol–water partition coefficient (Wildman–Crippen LogP) is 1.74. The first-order chi connectivity index (χ1) is 10.6. The summed E-state index contributed by atoms with van der Waals surface area (Å²) in [5.74, 6) is 0. The summed E-state index contributed by atoms with van der Waals surface area (Å²) in [7, 11) is 0. The second-order valence-electron chi connectivity index (χ2n) is 6.38. The van der Waals surface area contributed by atoms with Crippen molar-refractivity contribution in [1.29, 1.82) is 0 Å². The maximum absolute atomic E-state index is 11.0. The van der Waals surface area contributed by atoms with E-state index in [0.717, 1.165) is 31.5 Å². The lowest BCUT2D eigenvalue weighted by Crippen LogP contribution is -2.45. The van der Waals surface area contributed by atoms with Crippen molar-refractivity contribution in [3.05, 3.63) is 42.0 Å². The van der Waals surface area contributed by atoms with E-state index in [1.807, 2.05) is 18.5 Å². The van der Waals surface area contributed by atoms with E-state index in [9.17, 15) is 5.11 Å². The average molecular weight is 301 g/mol. The summed E-state index contributed by atoms with van der Waals surface area (Å²) >= 11 is 0. The first-order valence-corrected chi connectivity index (χ1v) is 7.83. The number of nitrogens with zero attached hydrogens (tertiary/aromatic N) is 5. The van der Waals surface area contributed by atoms with Gasteiger partial charge in [-0.2, -0.15) is 0 Å². The number of aromatic nitrogens is 4. The van der Waals surface area contributed by atoms with Crippen LogP contribution in [0.5, 0.6) is 0 Å². The molecule has 1 fully saturated rings. The summed E-state index contributed by atoms with van der Waals surface area (Å²) in [6.07, 6.45) is 7.21. The van der Waals surface area contributed by atoms with Gasteiger partial charge in [-0.1, -0.05) is 11.3 Å². The van der Waals surface area contributed by atoms with Crippen molar-refractivity contribution in [1.82, 2.24) is 24.9 Å². The third-order valence-electron chi connectivity index (χ3n) is 4.20. The van der Waals surface area contributed by atoms with Gasteiger partial charge in [-0.05, 0) is 44.9 Å². The molecule has 1 N–H and O–H groups in total. The number of rotatable bonds is 4. The van der Waals surface area contributed by atoms with Gasteiger partial charge in [0.05, 0.1) is 6.20 Å². The highest BCUT2D eigenvalue weighted by atomic mass is 16.3. The van der Waals surface area contributed by atoms with Crippen LogP contribution in [0.15, 0.2) is 30.7 Å². The quantitative estimate of drug-likeness (QED) is 0.931. The van der Waals surface area contributed by atoms with Gasteiger partial charge in [0, 0.05) is 31.5 Å². The molecule has 0 bridgehead atoms. The predicted molar refractivity (Wildman–Crippen MR) is 83.1 cm³/mol. The lowest BCUT2D eigenvalue weighted by molar-refractivity contribution is -0.0414. The molecule has 118 valence electrons. The van der Waals surface area contributed by atoms with Gasteiger partial charge in [-0.25, -0.2) is 4.68 Å². The van der Waals surface area contributed by atoms with E-state index >= 15 is 0 Å². The molecule has 22 heavy (non-hydrogen) atoms. The van der Waals surface area contributed by atoms with Crippen molar-refractivity contribution in [3.8, 4) is 0 Å². The topological polar surface area (TPSA) is 67.1 Å². The second-order valence-corrected chi connectivity index (χ2v) is 6.38. The summed E-state index contributed by atoms with van der Waals surface area (Å²) in [4.78, 5) is 6.41.